The lowest BCUT2D eigenvalue weighted by Gasteiger charge is -2.23. The van der Waals surface area contributed by atoms with Gasteiger partial charge in [-0.2, -0.15) is 0 Å². The van der Waals surface area contributed by atoms with E-state index in [-0.39, 0.29) is 0 Å². The molecule has 3 rings (SSSR count). The summed E-state index contributed by atoms with van der Waals surface area (Å²) in [6.07, 6.45) is 6.31. The first-order valence-corrected chi connectivity index (χ1v) is 8.25. The van der Waals surface area contributed by atoms with Crippen LogP contribution in [0.1, 0.15) is 22.3 Å². The lowest BCUT2D eigenvalue weighted by atomic mass is 9.95. The van der Waals surface area contributed by atoms with E-state index in [9.17, 15) is 4.55 Å². The minimum absolute atomic E-state index is 0.801. The molecule has 1 unspecified atom stereocenters. The third-order valence-corrected chi connectivity index (χ3v) is 5.44. The van der Waals surface area contributed by atoms with Crippen molar-refractivity contribution in [3.05, 3.63) is 84.0 Å². The topological polar surface area (TPSA) is 23.1 Å². The van der Waals surface area contributed by atoms with Gasteiger partial charge in [0.05, 0.1) is 0 Å². The van der Waals surface area contributed by atoms with Gasteiger partial charge in [0.2, 0.25) is 0 Å². The molecule has 0 bridgehead atoms. The molecule has 106 valence electrons. The molecule has 0 saturated carbocycles. The van der Waals surface area contributed by atoms with Gasteiger partial charge in [0.1, 0.15) is 0 Å². The summed E-state index contributed by atoms with van der Waals surface area (Å²) < 4.78 is 12.8. The van der Waals surface area contributed by atoms with Crippen LogP contribution in [0.15, 0.2) is 71.5 Å². The monoisotopic (exact) mass is 294 g/mol. The summed E-state index contributed by atoms with van der Waals surface area (Å²) in [6.45, 7) is 7.66. The zero-order chi connectivity index (χ0) is 14.8. The predicted molar refractivity (Wildman–Crippen MR) is 88.2 cm³/mol. The Balaban J connectivity index is 2.12. The fraction of sp³-hybridized carbons (Fsp3) is 0.158. The molecule has 1 nitrogen and oxygen atoms in total. The molecule has 1 aliphatic rings. The van der Waals surface area contributed by atoms with E-state index in [1.807, 2.05) is 30.4 Å². The van der Waals surface area contributed by atoms with Crippen LogP contribution in [-0.2, 0) is 30.4 Å². The molecule has 0 radical (unpaired) electrons. The van der Waals surface area contributed by atoms with E-state index in [2.05, 4.69) is 31.4 Å². The lowest BCUT2D eigenvalue weighted by Crippen LogP contribution is -2.15. The van der Waals surface area contributed by atoms with E-state index in [1.165, 1.54) is 22.3 Å². The zero-order valence-electron chi connectivity index (χ0n) is 12.0. The van der Waals surface area contributed by atoms with Crippen LogP contribution in [-0.4, -0.2) is 4.55 Å². The van der Waals surface area contributed by atoms with E-state index in [1.54, 1.807) is 0 Å². The lowest BCUT2D eigenvalue weighted by molar-refractivity contribution is 0.590. The van der Waals surface area contributed by atoms with Crippen LogP contribution in [0.25, 0.3) is 0 Å². The molecule has 0 spiro atoms. The number of allylic oxidation sites excluding steroid dienone is 2. The smallest absolute Gasteiger partial charge is 0.162 e. The van der Waals surface area contributed by atoms with Crippen molar-refractivity contribution in [3.8, 4) is 0 Å². The Labute approximate surface area is 129 Å². The molecular weight excluding hydrogens is 276 g/mol. The van der Waals surface area contributed by atoms with Gasteiger partial charge in [0, 0.05) is 28.7 Å². The maximum atomic E-state index is 12.8. The Hall–Kier alpha value is -1.77. The molecule has 1 atom stereocenters. The SMILES string of the molecule is C=CCc1cc2c(cc1CC=C)[S+]([O-])c1ccccc1C2. The first kappa shape index (κ1) is 14.2. The van der Waals surface area contributed by atoms with Crippen LogP contribution >= 0.6 is 0 Å². The van der Waals surface area contributed by atoms with Crippen molar-refractivity contribution < 1.29 is 4.55 Å². The average molecular weight is 294 g/mol. The van der Waals surface area contributed by atoms with Crippen LogP contribution in [0, 0.1) is 0 Å². The number of rotatable bonds is 4. The van der Waals surface area contributed by atoms with Gasteiger partial charge in [-0.3, -0.25) is 0 Å². The number of fused-ring (bicyclic) bond motifs is 2. The third-order valence-electron chi connectivity index (χ3n) is 3.86. The summed E-state index contributed by atoms with van der Waals surface area (Å²) in [5, 5.41) is 0. The van der Waals surface area contributed by atoms with E-state index >= 15 is 0 Å². The molecule has 0 amide bonds. The first-order chi connectivity index (χ1) is 10.2. The highest BCUT2D eigenvalue weighted by Gasteiger charge is 2.29. The van der Waals surface area contributed by atoms with Gasteiger partial charge >= 0.3 is 0 Å². The van der Waals surface area contributed by atoms with Crippen LogP contribution in [0.5, 0.6) is 0 Å². The molecule has 2 aromatic rings. The maximum absolute atomic E-state index is 12.8. The summed E-state index contributed by atoms with van der Waals surface area (Å²) >= 11 is -1.08. The number of benzene rings is 2. The molecule has 0 N–H and O–H groups in total. The molecular formula is C19H18OS. The standard InChI is InChI=1S/C19H18OS/c1-3-7-14-11-17-12-16-9-5-6-10-18(16)21(20)19(17)13-15(14)8-4-2/h3-6,9-11,13H,1-2,7-8,12H2. The van der Waals surface area contributed by atoms with Crippen molar-refractivity contribution in [2.45, 2.75) is 29.1 Å². The van der Waals surface area contributed by atoms with Gasteiger partial charge in [-0.15, -0.1) is 13.2 Å². The molecule has 0 aromatic heterocycles. The van der Waals surface area contributed by atoms with E-state index in [4.69, 9.17) is 0 Å². The summed E-state index contributed by atoms with van der Waals surface area (Å²) in [4.78, 5) is 1.91. The van der Waals surface area contributed by atoms with E-state index < -0.39 is 11.2 Å². The van der Waals surface area contributed by atoms with Crippen molar-refractivity contribution in [1.82, 2.24) is 0 Å². The molecule has 2 aromatic carbocycles. The second-order valence-electron chi connectivity index (χ2n) is 5.27. The minimum atomic E-state index is -1.08. The van der Waals surface area contributed by atoms with Gasteiger partial charge in [-0.1, -0.05) is 30.4 Å². The molecule has 0 fully saturated rings. The highest BCUT2D eigenvalue weighted by molar-refractivity contribution is 7.91. The number of hydrogen-bond acceptors (Lipinski definition) is 1. The van der Waals surface area contributed by atoms with Gasteiger partial charge in [0.15, 0.2) is 9.79 Å². The van der Waals surface area contributed by atoms with Crippen LogP contribution in [0.4, 0.5) is 0 Å². The molecule has 0 aliphatic carbocycles. The second-order valence-corrected chi connectivity index (χ2v) is 6.68. The average Bonchev–Trinajstić information content (AvgIpc) is 2.49. The maximum Gasteiger partial charge on any atom is 0.162 e. The van der Waals surface area contributed by atoms with Gasteiger partial charge < -0.3 is 4.55 Å². The molecule has 2 heteroatoms. The van der Waals surface area contributed by atoms with Crippen molar-refractivity contribution in [2.24, 2.45) is 0 Å². The Bertz CT molecular complexity index is 703. The van der Waals surface area contributed by atoms with Gasteiger partial charge in [-0.25, -0.2) is 0 Å². The Morgan fingerprint density at radius 3 is 2.33 bits per heavy atom. The third kappa shape index (κ3) is 2.57. The fourth-order valence-corrected chi connectivity index (χ4v) is 4.31. The quantitative estimate of drug-likeness (QED) is 0.612. The van der Waals surface area contributed by atoms with E-state index in [0.29, 0.717) is 0 Å². The molecule has 21 heavy (non-hydrogen) atoms. The fourth-order valence-electron chi connectivity index (χ4n) is 2.87. The summed E-state index contributed by atoms with van der Waals surface area (Å²) in [6, 6.07) is 12.3. The second kappa shape index (κ2) is 5.92. The molecule has 0 saturated heterocycles. The van der Waals surface area contributed by atoms with Crippen molar-refractivity contribution in [1.29, 1.82) is 0 Å². The van der Waals surface area contributed by atoms with Gasteiger partial charge in [0.25, 0.3) is 0 Å². The van der Waals surface area contributed by atoms with Gasteiger partial charge in [-0.05, 0) is 42.2 Å². The Kier molecular flexibility index (Phi) is 4.00. The van der Waals surface area contributed by atoms with E-state index in [0.717, 1.165) is 29.1 Å². The van der Waals surface area contributed by atoms with Crippen molar-refractivity contribution >= 4 is 11.2 Å². The zero-order valence-corrected chi connectivity index (χ0v) is 12.8. The normalized spacial score (nSPS) is 16.0. The summed E-state index contributed by atoms with van der Waals surface area (Å²) in [7, 11) is 0. The van der Waals surface area contributed by atoms with Crippen LogP contribution in [0.3, 0.4) is 0 Å². The van der Waals surface area contributed by atoms with Crippen molar-refractivity contribution in [3.63, 3.8) is 0 Å². The largest absolute Gasteiger partial charge is 0.606 e. The minimum Gasteiger partial charge on any atom is -0.606 e. The summed E-state index contributed by atoms with van der Waals surface area (Å²) in [5.41, 5.74) is 4.82. The molecule has 1 aliphatic heterocycles. The van der Waals surface area contributed by atoms with Crippen molar-refractivity contribution in [2.75, 3.05) is 0 Å². The summed E-state index contributed by atoms with van der Waals surface area (Å²) in [5.74, 6) is 0. The highest BCUT2D eigenvalue weighted by atomic mass is 32.2. The number of hydrogen-bond donors (Lipinski definition) is 0. The van der Waals surface area contributed by atoms with Crippen LogP contribution < -0.4 is 0 Å². The van der Waals surface area contributed by atoms with Crippen LogP contribution in [0.2, 0.25) is 0 Å². The highest BCUT2D eigenvalue weighted by Crippen LogP contribution is 2.36. The first-order valence-electron chi connectivity index (χ1n) is 7.10. The Morgan fingerprint density at radius 1 is 0.952 bits per heavy atom. The predicted octanol–water partition coefficient (Wildman–Crippen LogP) is 4.21. The Morgan fingerprint density at radius 2 is 1.62 bits per heavy atom. The molecule has 1 heterocycles.